The van der Waals surface area contributed by atoms with Gasteiger partial charge < -0.3 is 9.84 Å². The molecule has 4 nitrogen and oxygen atoms in total. The highest BCUT2D eigenvalue weighted by Crippen LogP contribution is 2.31. The van der Waals surface area contributed by atoms with Crippen LogP contribution in [0.4, 0.5) is 4.39 Å². The molecule has 0 unspecified atom stereocenters. The average Bonchev–Trinajstić information content (AvgIpc) is 2.73. The minimum atomic E-state index is -1.04. The summed E-state index contributed by atoms with van der Waals surface area (Å²) in [6.45, 7) is 5.79. The summed E-state index contributed by atoms with van der Waals surface area (Å²) in [6, 6.07) is 19.0. The first kappa shape index (κ1) is 20.5. The topological polar surface area (TPSA) is 59.4 Å². The fraction of sp³-hybridized carbons (Fsp3) is 0.154. The molecule has 1 heterocycles. The molecule has 1 aromatic heterocycles. The van der Waals surface area contributed by atoms with Crippen LogP contribution in [-0.4, -0.2) is 22.2 Å². The predicted molar refractivity (Wildman–Crippen MR) is 120 cm³/mol. The van der Waals surface area contributed by atoms with Gasteiger partial charge in [-0.15, -0.1) is 0 Å². The zero-order valence-electron chi connectivity index (χ0n) is 17.5. The van der Waals surface area contributed by atoms with Gasteiger partial charge in [-0.1, -0.05) is 35.9 Å². The second-order valence-electron chi connectivity index (χ2n) is 7.77. The Morgan fingerprint density at radius 3 is 2.32 bits per heavy atom. The molecule has 0 amide bonds. The third kappa shape index (κ3) is 4.26. The largest absolute Gasteiger partial charge is 0.491 e. The number of carboxylic acid groups (broad SMARTS) is 1. The molecule has 0 spiro atoms. The van der Waals surface area contributed by atoms with E-state index in [1.807, 2.05) is 51.1 Å². The van der Waals surface area contributed by atoms with Gasteiger partial charge in [0.2, 0.25) is 0 Å². The number of halogens is 1. The molecule has 0 bridgehead atoms. The Morgan fingerprint density at radius 1 is 0.968 bits per heavy atom. The first-order valence-corrected chi connectivity index (χ1v) is 10.0. The number of hydrogen-bond donors (Lipinski definition) is 1. The minimum absolute atomic E-state index is 0.0657. The van der Waals surface area contributed by atoms with E-state index in [9.17, 15) is 14.3 Å². The summed E-state index contributed by atoms with van der Waals surface area (Å²) in [5, 5.41) is 10.2. The van der Waals surface area contributed by atoms with Gasteiger partial charge in [-0.25, -0.2) is 14.2 Å². The maximum Gasteiger partial charge on any atom is 0.336 e. The number of aromatic carboxylic acids is 1. The first-order valence-electron chi connectivity index (χ1n) is 10.0. The van der Waals surface area contributed by atoms with Crippen molar-refractivity contribution in [3.05, 3.63) is 83.7 Å². The van der Waals surface area contributed by atoms with E-state index in [1.54, 1.807) is 24.3 Å². The lowest BCUT2D eigenvalue weighted by atomic mass is 9.99. The highest BCUT2D eigenvalue weighted by molar-refractivity contribution is 6.04. The lowest BCUT2D eigenvalue weighted by Gasteiger charge is -2.11. The van der Waals surface area contributed by atoms with Gasteiger partial charge in [-0.3, -0.25) is 0 Å². The van der Waals surface area contributed by atoms with Crippen molar-refractivity contribution in [3.8, 4) is 28.1 Å². The fourth-order valence-electron chi connectivity index (χ4n) is 3.56. The van der Waals surface area contributed by atoms with E-state index >= 15 is 0 Å². The van der Waals surface area contributed by atoms with Gasteiger partial charge in [0.1, 0.15) is 11.6 Å². The van der Waals surface area contributed by atoms with Gasteiger partial charge in [0.25, 0.3) is 0 Å². The number of nitrogens with zero attached hydrogens (tertiary/aromatic N) is 1. The van der Waals surface area contributed by atoms with E-state index in [1.165, 1.54) is 12.1 Å². The second-order valence-corrected chi connectivity index (χ2v) is 7.77. The van der Waals surface area contributed by atoms with Gasteiger partial charge in [-0.05, 0) is 62.7 Å². The van der Waals surface area contributed by atoms with Gasteiger partial charge >= 0.3 is 5.97 Å². The molecule has 3 aromatic carbocycles. The molecule has 31 heavy (non-hydrogen) atoms. The van der Waals surface area contributed by atoms with E-state index in [4.69, 9.17) is 4.74 Å². The van der Waals surface area contributed by atoms with Crippen LogP contribution in [0.1, 0.15) is 29.8 Å². The maximum atomic E-state index is 15.0. The molecular formula is C26H22FNO3. The number of rotatable bonds is 5. The van der Waals surface area contributed by atoms with E-state index < -0.39 is 11.8 Å². The van der Waals surface area contributed by atoms with E-state index in [2.05, 4.69) is 4.98 Å². The molecule has 0 aliphatic rings. The molecule has 0 aliphatic carbocycles. The summed E-state index contributed by atoms with van der Waals surface area (Å²) >= 11 is 0. The van der Waals surface area contributed by atoms with Crippen LogP contribution in [0.2, 0.25) is 0 Å². The van der Waals surface area contributed by atoms with E-state index in [0.717, 1.165) is 16.9 Å². The Bertz CT molecular complexity index is 1280. The molecule has 5 heteroatoms. The maximum absolute atomic E-state index is 15.0. The summed E-state index contributed by atoms with van der Waals surface area (Å²) in [6.07, 6.45) is 0.0657. The van der Waals surface area contributed by atoms with E-state index in [-0.39, 0.29) is 11.7 Å². The van der Waals surface area contributed by atoms with Crippen molar-refractivity contribution in [3.63, 3.8) is 0 Å². The predicted octanol–water partition coefficient (Wildman–Crippen LogP) is 6.50. The van der Waals surface area contributed by atoms with Crippen LogP contribution in [0.25, 0.3) is 33.3 Å². The van der Waals surface area contributed by atoms with Crippen molar-refractivity contribution in [2.75, 3.05) is 0 Å². The molecule has 0 aliphatic heterocycles. The third-order valence-electron chi connectivity index (χ3n) is 5.00. The van der Waals surface area contributed by atoms with E-state index in [0.29, 0.717) is 27.7 Å². The second kappa shape index (κ2) is 8.19. The number of carboxylic acids is 1. The van der Waals surface area contributed by atoms with Crippen molar-refractivity contribution >= 4 is 16.9 Å². The summed E-state index contributed by atoms with van der Waals surface area (Å²) in [5.74, 6) is -0.717. The first-order chi connectivity index (χ1) is 14.8. The SMILES string of the molecule is Cc1ccc2nc(-c3ccc(-c4ccc(OC(C)C)cc4)c(F)c3)cc(C(=O)O)c2c1. The zero-order valence-corrected chi connectivity index (χ0v) is 17.5. The van der Waals surface area contributed by atoms with Crippen LogP contribution in [-0.2, 0) is 0 Å². The highest BCUT2D eigenvalue weighted by Gasteiger charge is 2.15. The Hall–Kier alpha value is -3.73. The fourth-order valence-corrected chi connectivity index (χ4v) is 3.56. The molecule has 4 aromatic rings. The van der Waals surface area contributed by atoms with Gasteiger partial charge in [0.15, 0.2) is 0 Å². The summed E-state index contributed by atoms with van der Waals surface area (Å²) in [4.78, 5) is 16.4. The summed E-state index contributed by atoms with van der Waals surface area (Å²) < 4.78 is 20.6. The summed E-state index contributed by atoms with van der Waals surface area (Å²) in [7, 11) is 0. The van der Waals surface area contributed by atoms with Gasteiger partial charge in [-0.2, -0.15) is 0 Å². The Balaban J connectivity index is 1.73. The van der Waals surface area contributed by atoms with Gasteiger partial charge in [0.05, 0.1) is 22.9 Å². The van der Waals surface area contributed by atoms with Crippen molar-refractivity contribution in [1.82, 2.24) is 4.98 Å². The molecule has 0 saturated carbocycles. The lowest BCUT2D eigenvalue weighted by Crippen LogP contribution is -2.05. The number of aromatic nitrogens is 1. The molecule has 0 atom stereocenters. The molecule has 0 radical (unpaired) electrons. The van der Waals surface area contributed by atoms with Crippen molar-refractivity contribution in [1.29, 1.82) is 0 Å². The Kier molecular flexibility index (Phi) is 5.42. The quantitative estimate of drug-likeness (QED) is 0.404. The Labute approximate surface area is 180 Å². The smallest absolute Gasteiger partial charge is 0.336 e. The molecular weight excluding hydrogens is 393 g/mol. The van der Waals surface area contributed by atoms with Gasteiger partial charge in [0, 0.05) is 16.5 Å². The zero-order chi connectivity index (χ0) is 22.1. The van der Waals surface area contributed by atoms with Crippen LogP contribution in [0.15, 0.2) is 66.7 Å². The molecule has 156 valence electrons. The van der Waals surface area contributed by atoms with Crippen LogP contribution in [0.5, 0.6) is 5.75 Å². The number of fused-ring (bicyclic) bond motifs is 1. The van der Waals surface area contributed by atoms with Crippen LogP contribution in [0, 0.1) is 12.7 Å². The number of hydrogen-bond acceptors (Lipinski definition) is 3. The number of ether oxygens (including phenoxy) is 1. The standard InChI is InChI=1S/C26H22FNO3/c1-15(2)31-19-8-5-17(6-9-19)20-10-7-18(13-23(20)27)25-14-22(26(29)30)21-12-16(3)4-11-24(21)28-25/h4-15H,1-3H3,(H,29,30). The minimum Gasteiger partial charge on any atom is -0.491 e. The van der Waals surface area contributed by atoms with Crippen molar-refractivity contribution in [2.24, 2.45) is 0 Å². The molecule has 4 rings (SSSR count). The highest BCUT2D eigenvalue weighted by atomic mass is 19.1. The van der Waals surface area contributed by atoms with Crippen LogP contribution >= 0.6 is 0 Å². The van der Waals surface area contributed by atoms with Crippen molar-refractivity contribution in [2.45, 2.75) is 26.9 Å². The molecule has 0 saturated heterocycles. The third-order valence-corrected chi connectivity index (χ3v) is 5.00. The molecule has 0 fully saturated rings. The Morgan fingerprint density at radius 2 is 1.68 bits per heavy atom. The van der Waals surface area contributed by atoms with Crippen LogP contribution < -0.4 is 4.74 Å². The number of aryl methyl sites for hydroxylation is 1. The normalized spacial score (nSPS) is 11.1. The number of benzene rings is 3. The summed E-state index contributed by atoms with van der Waals surface area (Å²) in [5.41, 5.74) is 3.78. The van der Waals surface area contributed by atoms with Crippen LogP contribution in [0.3, 0.4) is 0 Å². The average molecular weight is 415 g/mol. The lowest BCUT2D eigenvalue weighted by molar-refractivity contribution is 0.0699. The number of carbonyl (C=O) groups is 1. The molecule has 1 N–H and O–H groups in total. The monoisotopic (exact) mass is 415 g/mol. The number of pyridine rings is 1. The van der Waals surface area contributed by atoms with Crippen molar-refractivity contribution < 1.29 is 19.0 Å².